The van der Waals surface area contributed by atoms with Gasteiger partial charge in [0.05, 0.1) is 21.8 Å². The van der Waals surface area contributed by atoms with E-state index >= 15 is 0 Å². The van der Waals surface area contributed by atoms with Crippen LogP contribution in [0.4, 0.5) is 11.4 Å². The Morgan fingerprint density at radius 1 is 0.906 bits per heavy atom. The van der Waals surface area contributed by atoms with Crippen molar-refractivity contribution in [2.24, 2.45) is 0 Å². The van der Waals surface area contributed by atoms with E-state index in [1.165, 1.54) is 18.2 Å². The lowest BCUT2D eigenvalue weighted by molar-refractivity contribution is 0.102. The van der Waals surface area contributed by atoms with Crippen molar-refractivity contribution in [2.45, 2.75) is 4.90 Å². The number of ether oxygens (including phenoxy) is 2. The number of hydrogen-bond acceptors (Lipinski definition) is 6. The first-order valence-electron chi connectivity index (χ1n) is 9.67. The molecule has 32 heavy (non-hydrogen) atoms. The van der Waals surface area contributed by atoms with Gasteiger partial charge in [-0.3, -0.25) is 14.5 Å². The molecule has 0 saturated carbocycles. The van der Waals surface area contributed by atoms with Crippen molar-refractivity contribution in [1.82, 2.24) is 4.98 Å². The monoisotopic (exact) mass is 447 g/mol. The molecule has 160 valence electrons. The van der Waals surface area contributed by atoms with Gasteiger partial charge in [-0.2, -0.15) is 0 Å². The minimum absolute atomic E-state index is 0.0394. The number of benzene rings is 3. The molecule has 3 aromatic carbocycles. The van der Waals surface area contributed by atoms with E-state index < -0.39 is 15.9 Å². The molecule has 5 rings (SSSR count). The van der Waals surface area contributed by atoms with E-state index in [9.17, 15) is 13.2 Å². The van der Waals surface area contributed by atoms with Gasteiger partial charge in [0.25, 0.3) is 15.9 Å². The fourth-order valence-corrected chi connectivity index (χ4v) is 4.48. The number of aromatic nitrogens is 1. The minimum Gasteiger partial charge on any atom is -0.454 e. The third-order valence-electron chi connectivity index (χ3n) is 4.93. The van der Waals surface area contributed by atoms with Crippen LogP contribution in [-0.2, 0) is 10.0 Å². The average Bonchev–Trinajstić information content (AvgIpc) is 3.27. The van der Waals surface area contributed by atoms with E-state index in [4.69, 9.17) is 9.47 Å². The van der Waals surface area contributed by atoms with Crippen molar-refractivity contribution in [3.8, 4) is 11.5 Å². The second kappa shape index (κ2) is 7.86. The lowest BCUT2D eigenvalue weighted by atomic mass is 10.1. The standard InChI is InChI=1S/C23H17N3O5S/c27-23(25-20-8-2-7-19-18(20)6-3-11-24-19)15-4-1-5-17(12-15)32(28,29)26-16-9-10-21-22(13-16)31-14-30-21/h1-13,26H,14H2,(H,25,27). The second-order valence-electron chi connectivity index (χ2n) is 7.03. The van der Waals surface area contributed by atoms with E-state index in [1.807, 2.05) is 12.1 Å². The molecule has 2 N–H and O–H groups in total. The van der Waals surface area contributed by atoms with Gasteiger partial charge in [0.1, 0.15) is 0 Å². The second-order valence-corrected chi connectivity index (χ2v) is 8.71. The van der Waals surface area contributed by atoms with Gasteiger partial charge in [-0.15, -0.1) is 0 Å². The highest BCUT2D eigenvalue weighted by molar-refractivity contribution is 7.92. The number of fused-ring (bicyclic) bond motifs is 2. The fraction of sp³-hybridized carbons (Fsp3) is 0.0435. The van der Waals surface area contributed by atoms with Gasteiger partial charge >= 0.3 is 0 Å². The first-order chi connectivity index (χ1) is 15.5. The first-order valence-corrected chi connectivity index (χ1v) is 11.2. The Labute approximate surface area is 183 Å². The molecule has 1 aromatic heterocycles. The van der Waals surface area contributed by atoms with Crippen LogP contribution in [0.15, 0.2) is 83.9 Å². The summed E-state index contributed by atoms with van der Waals surface area (Å²) in [5.41, 5.74) is 1.87. The van der Waals surface area contributed by atoms with Crippen molar-refractivity contribution in [3.63, 3.8) is 0 Å². The third kappa shape index (κ3) is 3.81. The van der Waals surface area contributed by atoms with Crippen molar-refractivity contribution in [2.75, 3.05) is 16.8 Å². The highest BCUT2D eigenvalue weighted by Crippen LogP contribution is 2.35. The molecule has 1 aliphatic heterocycles. The molecule has 0 atom stereocenters. The molecule has 4 aromatic rings. The normalized spacial score (nSPS) is 12.5. The highest BCUT2D eigenvalue weighted by Gasteiger charge is 2.19. The van der Waals surface area contributed by atoms with Crippen LogP contribution in [0.5, 0.6) is 11.5 Å². The first kappa shape index (κ1) is 19.8. The predicted molar refractivity (Wildman–Crippen MR) is 120 cm³/mol. The molecule has 0 saturated heterocycles. The molecule has 1 amide bonds. The zero-order valence-corrected chi connectivity index (χ0v) is 17.4. The summed E-state index contributed by atoms with van der Waals surface area (Å²) in [5.74, 6) is 0.583. The van der Waals surface area contributed by atoms with Crippen LogP contribution >= 0.6 is 0 Å². The summed E-state index contributed by atoms with van der Waals surface area (Å²) >= 11 is 0. The number of sulfonamides is 1. The Bertz CT molecular complexity index is 1450. The summed E-state index contributed by atoms with van der Waals surface area (Å²) in [5, 5.41) is 3.62. The predicted octanol–water partition coefficient (Wildman–Crippen LogP) is 4.02. The number of pyridine rings is 1. The van der Waals surface area contributed by atoms with Gasteiger partial charge in [0.15, 0.2) is 11.5 Å². The topological polar surface area (TPSA) is 107 Å². The number of amides is 1. The van der Waals surface area contributed by atoms with Gasteiger partial charge in [0.2, 0.25) is 6.79 Å². The molecule has 2 heterocycles. The average molecular weight is 447 g/mol. The van der Waals surface area contributed by atoms with E-state index in [2.05, 4.69) is 15.0 Å². The number of nitrogens with one attached hydrogen (secondary N) is 2. The summed E-state index contributed by atoms with van der Waals surface area (Å²) in [6, 6.07) is 19.6. The molecular weight excluding hydrogens is 430 g/mol. The van der Waals surface area contributed by atoms with Crippen LogP contribution in [0.1, 0.15) is 10.4 Å². The zero-order chi connectivity index (χ0) is 22.1. The number of carbonyl (C=O) groups is 1. The summed E-state index contributed by atoms with van der Waals surface area (Å²) in [6.45, 7) is 0.0927. The molecule has 0 unspecified atom stereocenters. The van der Waals surface area contributed by atoms with Gasteiger partial charge in [-0.05, 0) is 54.6 Å². The summed E-state index contributed by atoms with van der Waals surface area (Å²) in [7, 11) is -3.93. The molecule has 0 spiro atoms. The van der Waals surface area contributed by atoms with Crippen LogP contribution in [-0.4, -0.2) is 26.1 Å². The van der Waals surface area contributed by atoms with Crippen LogP contribution in [0.25, 0.3) is 10.9 Å². The molecule has 8 nitrogen and oxygen atoms in total. The fourth-order valence-electron chi connectivity index (χ4n) is 3.39. The summed E-state index contributed by atoms with van der Waals surface area (Å²) in [6.07, 6.45) is 1.68. The Hall–Kier alpha value is -4.11. The number of anilines is 2. The molecule has 0 aliphatic carbocycles. The SMILES string of the molecule is O=C(Nc1cccc2ncccc12)c1cccc(S(=O)(=O)Nc2ccc3c(c2)OCO3)c1. The molecule has 0 bridgehead atoms. The van der Waals surface area contributed by atoms with Gasteiger partial charge < -0.3 is 14.8 Å². The Morgan fingerprint density at radius 2 is 1.75 bits per heavy atom. The van der Waals surface area contributed by atoms with Crippen molar-refractivity contribution in [1.29, 1.82) is 0 Å². The highest BCUT2D eigenvalue weighted by atomic mass is 32.2. The van der Waals surface area contributed by atoms with Crippen LogP contribution in [0, 0.1) is 0 Å². The summed E-state index contributed by atoms with van der Waals surface area (Å²) < 4.78 is 38.8. The van der Waals surface area contributed by atoms with Gasteiger partial charge in [0, 0.05) is 23.2 Å². The van der Waals surface area contributed by atoms with E-state index in [-0.39, 0.29) is 17.3 Å². The van der Waals surface area contributed by atoms with Crippen LogP contribution in [0.3, 0.4) is 0 Å². The van der Waals surface area contributed by atoms with E-state index in [0.717, 1.165) is 10.9 Å². The zero-order valence-electron chi connectivity index (χ0n) is 16.6. The van der Waals surface area contributed by atoms with Crippen molar-refractivity contribution >= 4 is 38.2 Å². The largest absolute Gasteiger partial charge is 0.454 e. The van der Waals surface area contributed by atoms with Crippen LogP contribution in [0.2, 0.25) is 0 Å². The Balaban J connectivity index is 1.39. The quantitative estimate of drug-likeness (QED) is 0.479. The van der Waals surface area contributed by atoms with Gasteiger partial charge in [-0.25, -0.2) is 8.42 Å². The smallest absolute Gasteiger partial charge is 0.261 e. The number of hydrogen-bond donors (Lipinski definition) is 2. The summed E-state index contributed by atoms with van der Waals surface area (Å²) in [4.78, 5) is 17.1. The van der Waals surface area contributed by atoms with E-state index in [0.29, 0.717) is 22.9 Å². The molecule has 0 radical (unpaired) electrons. The Morgan fingerprint density at radius 3 is 2.66 bits per heavy atom. The minimum atomic E-state index is -3.93. The van der Waals surface area contributed by atoms with Crippen molar-refractivity contribution in [3.05, 3.63) is 84.6 Å². The maximum Gasteiger partial charge on any atom is 0.261 e. The lowest BCUT2D eigenvalue weighted by Gasteiger charge is -2.11. The number of carbonyl (C=O) groups excluding carboxylic acids is 1. The number of nitrogens with zero attached hydrogens (tertiary/aromatic N) is 1. The molecule has 1 aliphatic rings. The van der Waals surface area contributed by atoms with Crippen LogP contribution < -0.4 is 19.5 Å². The van der Waals surface area contributed by atoms with Crippen molar-refractivity contribution < 1.29 is 22.7 Å². The van der Waals surface area contributed by atoms with Gasteiger partial charge in [-0.1, -0.05) is 12.1 Å². The maximum absolute atomic E-state index is 12.9. The maximum atomic E-state index is 12.9. The molecule has 9 heteroatoms. The lowest BCUT2D eigenvalue weighted by Crippen LogP contribution is -2.16. The van der Waals surface area contributed by atoms with E-state index in [1.54, 1.807) is 48.7 Å². The number of rotatable bonds is 5. The Kier molecular flexibility index (Phi) is 4.87. The molecule has 0 fully saturated rings. The molecular formula is C23H17N3O5S. The third-order valence-corrected chi connectivity index (χ3v) is 6.30.